The number of rotatable bonds is 6. The van der Waals surface area contributed by atoms with Gasteiger partial charge in [0.15, 0.2) is 0 Å². The molecule has 2 atom stereocenters. The van der Waals surface area contributed by atoms with Gasteiger partial charge in [0.2, 0.25) is 0 Å². The monoisotopic (exact) mass is 296 g/mol. The van der Waals surface area contributed by atoms with Gasteiger partial charge in [-0.2, -0.15) is 13.2 Å². The number of nitrogens with two attached hydrogens (primary N) is 1. The van der Waals surface area contributed by atoms with E-state index in [0.717, 1.165) is 12.8 Å². The van der Waals surface area contributed by atoms with Gasteiger partial charge in [0, 0.05) is 0 Å². The number of halogens is 3. The van der Waals surface area contributed by atoms with Gasteiger partial charge < -0.3 is 10.5 Å². The predicted octanol–water partition coefficient (Wildman–Crippen LogP) is 1.93. The van der Waals surface area contributed by atoms with E-state index in [1.165, 1.54) is 12.0 Å². The molecule has 2 unspecified atom stereocenters. The van der Waals surface area contributed by atoms with Crippen LogP contribution in [0.15, 0.2) is 0 Å². The molecule has 0 aromatic rings. The lowest BCUT2D eigenvalue weighted by Gasteiger charge is -2.30. The molecule has 0 spiro atoms. The first-order valence-electron chi connectivity index (χ1n) is 6.89. The first-order valence-corrected chi connectivity index (χ1v) is 6.89. The second kappa shape index (κ2) is 6.76. The molecule has 1 saturated carbocycles. The minimum Gasteiger partial charge on any atom is -0.468 e. The van der Waals surface area contributed by atoms with Crippen molar-refractivity contribution in [1.29, 1.82) is 0 Å². The lowest BCUT2D eigenvalue weighted by atomic mass is 9.85. The predicted molar refractivity (Wildman–Crippen MR) is 69.1 cm³/mol. The summed E-state index contributed by atoms with van der Waals surface area (Å²) in [7, 11) is 1.29. The topological polar surface area (TPSA) is 55.6 Å². The molecule has 0 aromatic carbocycles. The zero-order valence-corrected chi connectivity index (χ0v) is 12.0. The van der Waals surface area contributed by atoms with Crippen LogP contribution in [0.2, 0.25) is 0 Å². The SMILES string of the molecule is CCN(CCC1CCCC1(N)C(=O)OC)CC(F)(F)F. The van der Waals surface area contributed by atoms with Crippen LogP contribution in [0.5, 0.6) is 0 Å². The molecule has 0 heterocycles. The summed E-state index contributed by atoms with van der Waals surface area (Å²) in [5, 5.41) is 0. The van der Waals surface area contributed by atoms with Gasteiger partial charge in [0.05, 0.1) is 13.7 Å². The number of nitrogens with zero attached hydrogens (tertiary/aromatic N) is 1. The lowest BCUT2D eigenvalue weighted by Crippen LogP contribution is -2.52. The van der Waals surface area contributed by atoms with E-state index in [-0.39, 0.29) is 12.5 Å². The molecule has 118 valence electrons. The number of carbonyl (C=O) groups is 1. The van der Waals surface area contributed by atoms with Crippen LogP contribution < -0.4 is 5.73 Å². The summed E-state index contributed by atoms with van der Waals surface area (Å²) in [5.74, 6) is -0.573. The van der Waals surface area contributed by atoms with Crippen molar-refractivity contribution in [2.75, 3.05) is 26.7 Å². The fraction of sp³-hybridized carbons (Fsp3) is 0.923. The first-order chi connectivity index (χ1) is 9.23. The summed E-state index contributed by atoms with van der Waals surface area (Å²) in [4.78, 5) is 13.1. The Kier molecular flexibility index (Phi) is 5.82. The number of carbonyl (C=O) groups excluding carboxylic acids is 1. The summed E-state index contributed by atoms with van der Waals surface area (Å²) in [5.41, 5.74) is 5.06. The molecule has 0 aromatic heterocycles. The van der Waals surface area contributed by atoms with Gasteiger partial charge >= 0.3 is 12.1 Å². The van der Waals surface area contributed by atoms with Gasteiger partial charge in [0.1, 0.15) is 5.54 Å². The van der Waals surface area contributed by atoms with Gasteiger partial charge in [-0.15, -0.1) is 0 Å². The van der Waals surface area contributed by atoms with Crippen molar-refractivity contribution in [3.05, 3.63) is 0 Å². The Morgan fingerprint density at radius 2 is 2.15 bits per heavy atom. The average Bonchev–Trinajstić information content (AvgIpc) is 2.74. The van der Waals surface area contributed by atoms with Crippen molar-refractivity contribution in [2.24, 2.45) is 11.7 Å². The normalized spacial score (nSPS) is 27.1. The second-order valence-electron chi connectivity index (χ2n) is 5.39. The molecule has 1 aliphatic carbocycles. The van der Waals surface area contributed by atoms with E-state index in [1.54, 1.807) is 6.92 Å². The fourth-order valence-corrected chi connectivity index (χ4v) is 2.90. The summed E-state index contributed by atoms with van der Waals surface area (Å²) in [6.07, 6.45) is -1.62. The quantitative estimate of drug-likeness (QED) is 0.761. The molecule has 2 N–H and O–H groups in total. The van der Waals surface area contributed by atoms with Crippen LogP contribution in [0.1, 0.15) is 32.6 Å². The molecule has 1 fully saturated rings. The molecule has 0 aliphatic heterocycles. The number of alkyl halides is 3. The smallest absolute Gasteiger partial charge is 0.401 e. The molecular formula is C13H23F3N2O2. The van der Waals surface area contributed by atoms with Gasteiger partial charge in [0.25, 0.3) is 0 Å². The fourth-order valence-electron chi connectivity index (χ4n) is 2.90. The highest BCUT2D eigenvalue weighted by Crippen LogP contribution is 2.37. The van der Waals surface area contributed by atoms with Crippen molar-refractivity contribution in [1.82, 2.24) is 4.90 Å². The Bertz CT molecular complexity index is 336. The van der Waals surface area contributed by atoms with E-state index in [1.807, 2.05) is 0 Å². The van der Waals surface area contributed by atoms with Crippen LogP contribution in [-0.4, -0.2) is 49.3 Å². The highest BCUT2D eigenvalue weighted by Gasteiger charge is 2.46. The maximum Gasteiger partial charge on any atom is 0.401 e. The van der Waals surface area contributed by atoms with Gasteiger partial charge in [-0.1, -0.05) is 13.3 Å². The summed E-state index contributed by atoms with van der Waals surface area (Å²) < 4.78 is 41.9. The molecule has 0 bridgehead atoms. The standard InChI is InChI=1S/C13H23F3N2O2/c1-3-18(9-13(14,15)16)8-6-10-5-4-7-12(10,17)11(19)20-2/h10H,3-9,17H2,1-2H3. The molecule has 4 nitrogen and oxygen atoms in total. The molecule has 20 heavy (non-hydrogen) atoms. The van der Waals surface area contributed by atoms with Crippen molar-refractivity contribution in [2.45, 2.75) is 44.3 Å². The molecular weight excluding hydrogens is 273 g/mol. The molecule has 7 heteroatoms. The second-order valence-corrected chi connectivity index (χ2v) is 5.39. The van der Waals surface area contributed by atoms with Crippen LogP contribution in [0, 0.1) is 5.92 Å². The van der Waals surface area contributed by atoms with E-state index in [2.05, 4.69) is 0 Å². The van der Waals surface area contributed by atoms with Crippen molar-refractivity contribution in [3.8, 4) is 0 Å². The average molecular weight is 296 g/mol. The van der Waals surface area contributed by atoms with Crippen LogP contribution in [-0.2, 0) is 9.53 Å². The van der Waals surface area contributed by atoms with Crippen LogP contribution >= 0.6 is 0 Å². The largest absolute Gasteiger partial charge is 0.468 e. The van der Waals surface area contributed by atoms with Crippen molar-refractivity contribution in [3.63, 3.8) is 0 Å². The van der Waals surface area contributed by atoms with Gasteiger partial charge in [-0.3, -0.25) is 9.69 Å². The van der Waals surface area contributed by atoms with E-state index >= 15 is 0 Å². The van der Waals surface area contributed by atoms with E-state index in [4.69, 9.17) is 10.5 Å². The number of esters is 1. The first kappa shape index (κ1) is 17.2. The Morgan fingerprint density at radius 3 is 2.65 bits per heavy atom. The third-order valence-electron chi connectivity index (χ3n) is 4.08. The Hall–Kier alpha value is -0.820. The Labute approximate surface area is 117 Å². The summed E-state index contributed by atoms with van der Waals surface area (Å²) >= 11 is 0. The number of hydrogen-bond donors (Lipinski definition) is 1. The minimum atomic E-state index is -4.20. The molecule has 1 aliphatic rings. The van der Waals surface area contributed by atoms with Gasteiger partial charge in [-0.25, -0.2) is 0 Å². The lowest BCUT2D eigenvalue weighted by molar-refractivity contribution is -0.150. The Balaban J connectivity index is 2.57. The third-order valence-corrected chi connectivity index (χ3v) is 4.08. The zero-order chi connectivity index (χ0) is 15.4. The van der Waals surface area contributed by atoms with Crippen molar-refractivity contribution >= 4 is 5.97 Å². The van der Waals surface area contributed by atoms with Gasteiger partial charge in [-0.05, 0) is 38.3 Å². The minimum absolute atomic E-state index is 0.114. The highest BCUT2D eigenvalue weighted by atomic mass is 19.4. The maximum atomic E-state index is 12.4. The van der Waals surface area contributed by atoms with Crippen LogP contribution in [0.3, 0.4) is 0 Å². The molecule has 0 saturated heterocycles. The highest BCUT2D eigenvalue weighted by molar-refractivity contribution is 5.81. The molecule has 1 rings (SSSR count). The summed E-state index contributed by atoms with van der Waals surface area (Å²) in [6.45, 7) is 1.38. The Morgan fingerprint density at radius 1 is 1.50 bits per heavy atom. The number of methoxy groups -OCH3 is 1. The maximum absolute atomic E-state index is 12.4. The van der Waals surface area contributed by atoms with Crippen LogP contribution in [0.4, 0.5) is 13.2 Å². The molecule has 0 radical (unpaired) electrons. The number of hydrogen-bond acceptors (Lipinski definition) is 4. The molecule has 0 amide bonds. The van der Waals surface area contributed by atoms with E-state index in [9.17, 15) is 18.0 Å². The van der Waals surface area contributed by atoms with Crippen molar-refractivity contribution < 1.29 is 22.7 Å². The third kappa shape index (κ3) is 4.34. The van der Waals surface area contributed by atoms with E-state index in [0.29, 0.717) is 19.4 Å². The van der Waals surface area contributed by atoms with E-state index < -0.39 is 24.2 Å². The van der Waals surface area contributed by atoms with Crippen LogP contribution in [0.25, 0.3) is 0 Å². The number of ether oxygens (including phenoxy) is 1. The zero-order valence-electron chi connectivity index (χ0n) is 12.0. The summed E-state index contributed by atoms with van der Waals surface area (Å²) in [6, 6.07) is 0.